The predicted octanol–water partition coefficient (Wildman–Crippen LogP) is 6.63. The maximum atomic E-state index is 15.7. The number of ether oxygens (including phenoxy) is 1. The highest BCUT2D eigenvalue weighted by Crippen LogP contribution is 2.45. The number of nitrogens with one attached hydrogen (secondary N) is 2. The van der Waals surface area contributed by atoms with Gasteiger partial charge in [0.05, 0.1) is 17.1 Å². The molecule has 61 heavy (non-hydrogen) atoms. The van der Waals surface area contributed by atoms with Crippen LogP contribution >= 0.6 is 0 Å². The van der Waals surface area contributed by atoms with Crippen LogP contribution < -0.4 is 20.4 Å². The maximum Gasteiger partial charge on any atom is 0.419 e. The van der Waals surface area contributed by atoms with Crippen molar-refractivity contribution in [2.75, 3.05) is 54.9 Å². The van der Waals surface area contributed by atoms with E-state index in [2.05, 4.69) is 36.4 Å². The van der Waals surface area contributed by atoms with Gasteiger partial charge < -0.3 is 24.8 Å². The number of hydrogen-bond acceptors (Lipinski definition) is 10. The number of amides is 4. The van der Waals surface area contributed by atoms with Gasteiger partial charge in [-0.25, -0.2) is 18.7 Å². The fourth-order valence-electron chi connectivity index (χ4n) is 10.1. The number of carbonyl (C=O) groups excluding carboxylic acids is 5. The van der Waals surface area contributed by atoms with Crippen molar-refractivity contribution in [3.05, 3.63) is 82.9 Å². The number of nitrogens with zero attached hydrogens (tertiary/aromatic N) is 6. The number of hydrogen-bond donors (Lipinski definition) is 2. The zero-order valence-corrected chi connectivity index (χ0v) is 35.3. The van der Waals surface area contributed by atoms with Gasteiger partial charge in [-0.1, -0.05) is 6.07 Å². The smallest absolute Gasteiger partial charge is 0.419 e. The van der Waals surface area contributed by atoms with Gasteiger partial charge in [-0.3, -0.25) is 29.4 Å². The third kappa shape index (κ3) is 7.72. The summed E-state index contributed by atoms with van der Waals surface area (Å²) in [6, 6.07) is 13.5. The van der Waals surface area contributed by atoms with Crippen molar-refractivity contribution in [3.8, 4) is 0 Å². The summed E-state index contributed by atoms with van der Waals surface area (Å²) in [5, 5.41) is 5.87. The molecule has 4 saturated heterocycles. The summed E-state index contributed by atoms with van der Waals surface area (Å²) in [6.07, 6.45) is 7.47. The number of piperidine rings is 3. The maximum absolute atomic E-state index is 15.7. The van der Waals surface area contributed by atoms with E-state index in [1.54, 1.807) is 27.8 Å². The van der Waals surface area contributed by atoms with Crippen LogP contribution in [0, 0.1) is 11.2 Å². The Morgan fingerprint density at radius 1 is 0.918 bits per heavy atom. The van der Waals surface area contributed by atoms with E-state index in [-0.39, 0.29) is 41.1 Å². The molecule has 5 aliphatic rings. The van der Waals surface area contributed by atoms with Crippen LogP contribution in [-0.2, 0) is 20.9 Å². The zero-order valence-electron chi connectivity index (χ0n) is 35.3. The number of halogens is 1. The van der Waals surface area contributed by atoms with E-state index in [4.69, 9.17) is 4.74 Å². The first-order valence-corrected chi connectivity index (χ1v) is 21.5. The number of carbonyl (C=O) groups is 5. The number of imide groups is 1. The molecule has 2 atom stereocenters. The number of anilines is 3. The summed E-state index contributed by atoms with van der Waals surface area (Å²) >= 11 is 0. The van der Waals surface area contributed by atoms with E-state index < -0.39 is 35.4 Å². The fourth-order valence-corrected chi connectivity index (χ4v) is 10.1. The number of pyridine rings is 1. The van der Waals surface area contributed by atoms with Gasteiger partial charge in [0.15, 0.2) is 0 Å². The molecule has 4 fully saturated rings. The molecule has 0 aliphatic carbocycles. The van der Waals surface area contributed by atoms with Gasteiger partial charge in [0.25, 0.3) is 11.8 Å². The van der Waals surface area contributed by atoms with E-state index in [0.29, 0.717) is 24.0 Å². The highest BCUT2D eigenvalue weighted by molar-refractivity contribution is 6.06. The van der Waals surface area contributed by atoms with Crippen molar-refractivity contribution in [1.82, 2.24) is 24.7 Å². The Kier molecular flexibility index (Phi) is 10.4. The minimum Gasteiger partial charge on any atom is -0.443 e. The Bertz CT molecular complexity index is 2440. The van der Waals surface area contributed by atoms with Crippen LogP contribution in [0.3, 0.4) is 0 Å². The molecule has 0 bridgehead atoms. The molecular formula is C46H53FN8O6. The summed E-state index contributed by atoms with van der Waals surface area (Å²) in [5.41, 5.74) is 4.02. The van der Waals surface area contributed by atoms with Crippen LogP contribution in [0.15, 0.2) is 54.7 Å². The van der Waals surface area contributed by atoms with Crippen molar-refractivity contribution in [3.63, 3.8) is 0 Å². The number of aromatic nitrogens is 2. The van der Waals surface area contributed by atoms with Crippen LogP contribution in [0.4, 0.5) is 26.4 Å². The lowest BCUT2D eigenvalue weighted by molar-refractivity contribution is -0.136. The lowest BCUT2D eigenvalue weighted by Crippen LogP contribution is -2.52. The van der Waals surface area contributed by atoms with Gasteiger partial charge in [-0.15, -0.1) is 0 Å². The van der Waals surface area contributed by atoms with Gasteiger partial charge in [-0.2, -0.15) is 0 Å². The Balaban J connectivity index is 0.831. The monoisotopic (exact) mass is 832 g/mol. The largest absolute Gasteiger partial charge is 0.443 e. The number of fused-ring (bicyclic) bond motifs is 2. The number of rotatable bonds is 6. The number of likely N-dealkylation sites (tertiary alicyclic amines) is 1. The van der Waals surface area contributed by atoms with Crippen LogP contribution in [0.5, 0.6) is 0 Å². The summed E-state index contributed by atoms with van der Waals surface area (Å²) in [4.78, 5) is 77.6. The standard InChI is InChI=1S/C46H53FN8O6/c1-45(2,3)61-44(60)55-37-25-39(48-26-28(37)23-38(55)35-9-6-18-51(35)4)49-41(57)31-11-10-29(24-33(31)47)52-19-14-46(15-20-52)16-21-53(22-17-46)34-8-5-7-30-32(34)27-54(43(30)59)36-12-13-40(56)50-42(36)58/h5,7-8,10-11,23-26,35-36H,6,9,12-22,27H2,1-4H3,(H,48,49,57)(H,50,56,58)/t35-,36?/m1/s1. The van der Waals surface area contributed by atoms with Crippen molar-refractivity contribution in [1.29, 1.82) is 0 Å². The SMILES string of the molecule is CN1CCC[C@@H]1c1cc2cnc(NC(=O)c3ccc(N4CCC5(CC4)CCN(c4cccc6c4CN(C4CCC(=O)NC4=O)C6=O)CC5)cc3F)cc2n1C(=O)OC(C)(C)C. The lowest BCUT2D eigenvalue weighted by atomic mass is 9.71. The normalized spacial score (nSPS) is 21.9. The molecule has 15 heteroatoms. The first-order chi connectivity index (χ1) is 29.2. The molecular weight excluding hydrogens is 780 g/mol. The molecule has 7 heterocycles. The Morgan fingerprint density at radius 3 is 2.33 bits per heavy atom. The minimum atomic E-state index is -0.713. The average Bonchev–Trinajstić information content (AvgIpc) is 3.92. The molecule has 4 aromatic rings. The van der Waals surface area contributed by atoms with Crippen molar-refractivity contribution >= 4 is 57.8 Å². The third-order valence-corrected chi connectivity index (χ3v) is 13.5. The molecule has 1 unspecified atom stereocenters. The topological polar surface area (TPSA) is 149 Å². The third-order valence-electron chi connectivity index (χ3n) is 13.5. The summed E-state index contributed by atoms with van der Waals surface area (Å²) in [6.45, 7) is 9.95. The van der Waals surface area contributed by atoms with Gasteiger partial charge in [0.2, 0.25) is 11.8 Å². The Morgan fingerprint density at radius 2 is 1.66 bits per heavy atom. The predicted molar refractivity (Wildman–Crippen MR) is 228 cm³/mol. The molecule has 0 saturated carbocycles. The van der Waals surface area contributed by atoms with Gasteiger partial charge in [0.1, 0.15) is 23.3 Å². The summed E-state index contributed by atoms with van der Waals surface area (Å²) < 4.78 is 23.1. The van der Waals surface area contributed by atoms with Crippen molar-refractivity contribution in [2.45, 2.75) is 96.4 Å². The minimum absolute atomic E-state index is 0.0295. The fraction of sp³-hybridized carbons (Fsp3) is 0.478. The second-order valence-electron chi connectivity index (χ2n) is 18.4. The first kappa shape index (κ1) is 40.6. The Hall–Kier alpha value is -5.83. The molecule has 14 nitrogen and oxygen atoms in total. The van der Waals surface area contributed by atoms with Crippen LogP contribution in [0.2, 0.25) is 0 Å². The molecule has 2 aromatic carbocycles. The highest BCUT2D eigenvalue weighted by Gasteiger charge is 2.42. The quantitative estimate of drug-likeness (QED) is 0.203. The molecule has 2 N–H and O–H groups in total. The second kappa shape index (κ2) is 15.6. The zero-order chi connectivity index (χ0) is 42.8. The van der Waals surface area contributed by atoms with Gasteiger partial charge in [0, 0.05) is 85.0 Å². The Labute approximate surface area is 354 Å². The lowest BCUT2D eigenvalue weighted by Gasteiger charge is -2.48. The van der Waals surface area contributed by atoms with Gasteiger partial charge in [-0.05, 0) is 121 Å². The molecule has 5 aliphatic heterocycles. The molecule has 2 aromatic heterocycles. The van der Waals surface area contributed by atoms with Crippen molar-refractivity contribution in [2.24, 2.45) is 5.41 Å². The van der Waals surface area contributed by atoms with Crippen LogP contribution in [-0.4, -0.2) is 100 Å². The van der Waals surface area contributed by atoms with E-state index in [1.165, 1.54) is 12.1 Å². The first-order valence-electron chi connectivity index (χ1n) is 21.5. The van der Waals surface area contributed by atoms with Gasteiger partial charge >= 0.3 is 6.09 Å². The van der Waals surface area contributed by atoms with E-state index >= 15 is 4.39 Å². The molecule has 320 valence electrons. The average molecular weight is 833 g/mol. The van der Waals surface area contributed by atoms with E-state index in [0.717, 1.165) is 99.3 Å². The second-order valence-corrected chi connectivity index (χ2v) is 18.4. The highest BCUT2D eigenvalue weighted by atomic mass is 19.1. The van der Waals surface area contributed by atoms with Crippen LogP contribution in [0.25, 0.3) is 10.9 Å². The summed E-state index contributed by atoms with van der Waals surface area (Å²) in [5.74, 6) is -1.94. The molecule has 9 rings (SSSR count). The molecule has 4 amide bonds. The van der Waals surface area contributed by atoms with Crippen LogP contribution in [0.1, 0.15) is 110 Å². The molecule has 1 spiro atoms. The summed E-state index contributed by atoms with van der Waals surface area (Å²) in [7, 11) is 2.04. The van der Waals surface area contributed by atoms with E-state index in [1.807, 2.05) is 46.0 Å². The van der Waals surface area contributed by atoms with E-state index in [9.17, 15) is 24.0 Å². The van der Waals surface area contributed by atoms with Crippen molar-refractivity contribution < 1.29 is 33.1 Å². The molecule has 0 radical (unpaired) electrons. The number of benzene rings is 2.